The van der Waals surface area contributed by atoms with Crippen LogP contribution < -0.4 is 0 Å². The van der Waals surface area contributed by atoms with Gasteiger partial charge in [-0.25, -0.2) is 4.39 Å². The van der Waals surface area contributed by atoms with Crippen LogP contribution in [-0.4, -0.2) is 18.3 Å². The van der Waals surface area contributed by atoms with E-state index < -0.39 is 18.0 Å². The van der Waals surface area contributed by atoms with Crippen LogP contribution in [0.25, 0.3) is 0 Å². The number of ether oxygens (including phenoxy) is 1. The Kier molecular flexibility index (Phi) is 4.53. The van der Waals surface area contributed by atoms with Gasteiger partial charge in [-0.3, -0.25) is 0 Å². The molecule has 0 aromatic heterocycles. The summed E-state index contributed by atoms with van der Waals surface area (Å²) in [6.45, 7) is 5.83. The lowest BCUT2D eigenvalue weighted by Gasteiger charge is -2.33. The van der Waals surface area contributed by atoms with Gasteiger partial charge in [0.05, 0.1) is 6.10 Å². The Hall–Kier alpha value is -0.640. The van der Waals surface area contributed by atoms with Crippen LogP contribution in [0.15, 0.2) is 18.2 Å². The Morgan fingerprint density at radius 3 is 2.41 bits per heavy atom. The first kappa shape index (κ1) is 14.4. The van der Waals surface area contributed by atoms with Crippen molar-refractivity contribution in [2.75, 3.05) is 7.11 Å². The lowest BCUT2D eigenvalue weighted by molar-refractivity contribution is -0.0724. The van der Waals surface area contributed by atoms with Crippen LogP contribution in [0, 0.1) is 11.2 Å². The summed E-state index contributed by atoms with van der Waals surface area (Å²) in [5, 5.41) is 10.6. The molecule has 2 unspecified atom stereocenters. The molecular formula is C13H18ClFO2. The van der Waals surface area contributed by atoms with Crippen LogP contribution in [0.3, 0.4) is 0 Å². The fraction of sp³-hybridized carbons (Fsp3) is 0.538. The molecule has 17 heavy (non-hydrogen) atoms. The minimum Gasteiger partial charge on any atom is -0.386 e. The number of aliphatic hydroxyl groups is 1. The molecule has 1 N–H and O–H groups in total. The summed E-state index contributed by atoms with van der Waals surface area (Å²) < 4.78 is 18.5. The average molecular weight is 261 g/mol. The van der Waals surface area contributed by atoms with E-state index >= 15 is 0 Å². The van der Waals surface area contributed by atoms with Crippen LogP contribution >= 0.6 is 11.6 Å². The molecule has 0 amide bonds. The second kappa shape index (κ2) is 5.34. The van der Waals surface area contributed by atoms with Gasteiger partial charge >= 0.3 is 0 Å². The molecule has 0 heterocycles. The maximum absolute atomic E-state index is 13.2. The maximum Gasteiger partial charge on any atom is 0.123 e. The van der Waals surface area contributed by atoms with Gasteiger partial charge in [0, 0.05) is 17.7 Å². The predicted octanol–water partition coefficient (Wildman–Crippen LogP) is 3.57. The van der Waals surface area contributed by atoms with Crippen molar-refractivity contribution in [3.8, 4) is 0 Å². The van der Waals surface area contributed by atoms with Gasteiger partial charge in [0.15, 0.2) is 0 Å². The van der Waals surface area contributed by atoms with Crippen molar-refractivity contribution in [1.82, 2.24) is 0 Å². The van der Waals surface area contributed by atoms with E-state index in [1.165, 1.54) is 25.3 Å². The molecule has 1 aromatic rings. The number of hydrogen-bond acceptors (Lipinski definition) is 2. The molecule has 96 valence electrons. The van der Waals surface area contributed by atoms with Crippen LogP contribution in [0.1, 0.15) is 32.4 Å². The highest BCUT2D eigenvalue weighted by molar-refractivity contribution is 6.31. The number of rotatable bonds is 3. The van der Waals surface area contributed by atoms with Gasteiger partial charge in [-0.2, -0.15) is 0 Å². The Morgan fingerprint density at radius 1 is 1.35 bits per heavy atom. The Bertz CT molecular complexity index is 387. The Labute approximate surface area is 106 Å². The fourth-order valence-corrected chi connectivity index (χ4v) is 2.09. The predicted molar refractivity (Wildman–Crippen MR) is 66.6 cm³/mol. The summed E-state index contributed by atoms with van der Waals surface area (Å²) in [6, 6.07) is 3.94. The molecule has 0 radical (unpaired) electrons. The minimum absolute atomic E-state index is 0.274. The molecule has 1 rings (SSSR count). The molecule has 0 aliphatic carbocycles. The lowest BCUT2D eigenvalue weighted by Crippen LogP contribution is -2.34. The Morgan fingerprint density at radius 2 is 1.94 bits per heavy atom. The van der Waals surface area contributed by atoms with Crippen LogP contribution in [0.5, 0.6) is 0 Å². The smallest absolute Gasteiger partial charge is 0.123 e. The molecule has 0 fully saturated rings. The van der Waals surface area contributed by atoms with Gasteiger partial charge in [0.1, 0.15) is 11.9 Å². The monoisotopic (exact) mass is 260 g/mol. The topological polar surface area (TPSA) is 29.5 Å². The molecule has 0 bridgehead atoms. The summed E-state index contributed by atoms with van der Waals surface area (Å²) in [7, 11) is 1.52. The van der Waals surface area contributed by atoms with E-state index in [9.17, 15) is 9.50 Å². The average Bonchev–Trinajstić information content (AvgIpc) is 2.20. The van der Waals surface area contributed by atoms with E-state index in [1.807, 2.05) is 20.8 Å². The van der Waals surface area contributed by atoms with Crippen molar-refractivity contribution >= 4 is 11.6 Å². The number of hydrogen-bond donors (Lipinski definition) is 1. The van der Waals surface area contributed by atoms with Gasteiger partial charge in [-0.15, -0.1) is 0 Å². The molecule has 2 atom stereocenters. The van der Waals surface area contributed by atoms with Crippen molar-refractivity contribution in [1.29, 1.82) is 0 Å². The molecule has 2 nitrogen and oxygen atoms in total. The van der Waals surface area contributed by atoms with Gasteiger partial charge in [0.2, 0.25) is 0 Å². The zero-order chi connectivity index (χ0) is 13.2. The second-order valence-electron chi connectivity index (χ2n) is 5.13. The number of aliphatic hydroxyl groups excluding tert-OH is 1. The first-order valence-electron chi connectivity index (χ1n) is 5.43. The number of halogens is 2. The lowest BCUT2D eigenvalue weighted by atomic mass is 9.83. The molecule has 1 aromatic carbocycles. The molecule has 4 heteroatoms. The van der Waals surface area contributed by atoms with Crippen LogP contribution in [0.4, 0.5) is 4.39 Å². The molecule has 0 spiro atoms. The minimum atomic E-state index is -0.955. The fourth-order valence-electron chi connectivity index (χ4n) is 1.86. The van der Waals surface area contributed by atoms with Crippen molar-refractivity contribution < 1.29 is 14.2 Å². The summed E-state index contributed by atoms with van der Waals surface area (Å²) >= 11 is 5.96. The van der Waals surface area contributed by atoms with Gasteiger partial charge < -0.3 is 9.84 Å². The van der Waals surface area contributed by atoms with Crippen molar-refractivity contribution in [3.63, 3.8) is 0 Å². The van der Waals surface area contributed by atoms with Crippen LogP contribution in [-0.2, 0) is 4.74 Å². The van der Waals surface area contributed by atoms with E-state index in [0.717, 1.165) is 0 Å². The highest BCUT2D eigenvalue weighted by atomic mass is 35.5. The molecule has 0 aliphatic rings. The quantitative estimate of drug-likeness (QED) is 0.900. The highest BCUT2D eigenvalue weighted by Crippen LogP contribution is 2.35. The van der Waals surface area contributed by atoms with E-state index in [0.29, 0.717) is 10.6 Å². The largest absolute Gasteiger partial charge is 0.386 e. The van der Waals surface area contributed by atoms with Gasteiger partial charge in [-0.05, 0) is 23.6 Å². The normalized spacial score (nSPS) is 15.7. The zero-order valence-corrected chi connectivity index (χ0v) is 11.3. The molecule has 0 saturated heterocycles. The zero-order valence-electron chi connectivity index (χ0n) is 10.5. The first-order chi connectivity index (χ1) is 7.77. The third kappa shape index (κ3) is 3.41. The molecule has 0 saturated carbocycles. The molecule has 0 aliphatic heterocycles. The molecular weight excluding hydrogens is 243 g/mol. The summed E-state index contributed by atoms with van der Waals surface area (Å²) in [4.78, 5) is 0. The standard InChI is InChI=1S/C13H18ClFO2/c1-13(2,3)12(17-4)11(16)9-7-8(15)5-6-10(9)14/h5-7,11-12,16H,1-4H3. The van der Waals surface area contributed by atoms with Gasteiger partial charge in [-0.1, -0.05) is 32.4 Å². The van der Waals surface area contributed by atoms with E-state index in [1.54, 1.807) is 0 Å². The van der Waals surface area contributed by atoms with E-state index in [2.05, 4.69) is 0 Å². The number of methoxy groups -OCH3 is 1. The second-order valence-corrected chi connectivity index (χ2v) is 5.54. The van der Waals surface area contributed by atoms with Crippen molar-refractivity contribution in [3.05, 3.63) is 34.6 Å². The Balaban J connectivity index is 3.10. The van der Waals surface area contributed by atoms with E-state index in [4.69, 9.17) is 16.3 Å². The summed E-state index contributed by atoms with van der Waals surface area (Å²) in [6.07, 6.45) is -1.41. The third-order valence-electron chi connectivity index (χ3n) is 2.67. The summed E-state index contributed by atoms with van der Waals surface area (Å²) in [5.74, 6) is -0.424. The number of benzene rings is 1. The van der Waals surface area contributed by atoms with Gasteiger partial charge in [0.25, 0.3) is 0 Å². The van der Waals surface area contributed by atoms with Crippen LogP contribution in [0.2, 0.25) is 5.02 Å². The van der Waals surface area contributed by atoms with Crippen molar-refractivity contribution in [2.24, 2.45) is 5.41 Å². The third-order valence-corrected chi connectivity index (χ3v) is 3.02. The summed E-state index contributed by atoms with van der Waals surface area (Å²) in [5.41, 5.74) is 0.0810. The SMILES string of the molecule is COC(C(O)c1cc(F)ccc1Cl)C(C)(C)C. The highest BCUT2D eigenvalue weighted by Gasteiger charge is 2.33. The van der Waals surface area contributed by atoms with E-state index in [-0.39, 0.29) is 5.41 Å². The maximum atomic E-state index is 13.2. The van der Waals surface area contributed by atoms with Crippen molar-refractivity contribution in [2.45, 2.75) is 33.0 Å². The first-order valence-corrected chi connectivity index (χ1v) is 5.81.